The maximum atomic E-state index is 12.4. The first-order chi connectivity index (χ1) is 15.6. The van der Waals surface area contributed by atoms with Gasteiger partial charge < -0.3 is 14.9 Å². The Labute approximate surface area is 184 Å². The predicted octanol–water partition coefficient (Wildman–Crippen LogP) is 2.94. The van der Waals surface area contributed by atoms with E-state index in [1.54, 1.807) is 0 Å². The summed E-state index contributed by atoms with van der Waals surface area (Å²) in [5, 5.41) is 40.6. The van der Waals surface area contributed by atoms with E-state index in [1.807, 2.05) is 0 Å². The van der Waals surface area contributed by atoms with E-state index in [1.165, 1.54) is 19.1 Å². The quantitative estimate of drug-likeness (QED) is 0.162. The Hall–Kier alpha value is -4.43. The second-order valence-corrected chi connectivity index (χ2v) is 6.24. The molecule has 14 nitrogen and oxygen atoms in total. The number of esters is 1. The number of nitrogens with zero attached hydrogens (tertiary/aromatic N) is 2. The Morgan fingerprint density at radius 1 is 0.939 bits per heavy atom. The number of ether oxygens (including phenoxy) is 1. The molecule has 33 heavy (non-hydrogen) atoms. The fourth-order valence-electron chi connectivity index (χ4n) is 2.72. The Bertz CT molecular complexity index is 1110. The lowest BCUT2D eigenvalue weighted by Crippen LogP contribution is -2.23. The van der Waals surface area contributed by atoms with Crippen molar-refractivity contribution in [3.05, 3.63) is 78.9 Å². The van der Waals surface area contributed by atoms with Crippen LogP contribution in [-0.2, 0) is 21.1 Å². The molecule has 0 aliphatic carbocycles. The van der Waals surface area contributed by atoms with Gasteiger partial charge in [-0.3, -0.25) is 20.2 Å². The van der Waals surface area contributed by atoms with Crippen molar-refractivity contribution >= 4 is 29.3 Å². The van der Waals surface area contributed by atoms with Gasteiger partial charge in [0.1, 0.15) is 12.2 Å². The Kier molecular flexibility index (Phi) is 8.08. The molecular weight excluding hydrogens is 448 g/mol. The molecule has 0 heterocycles. The van der Waals surface area contributed by atoms with Crippen LogP contribution >= 0.6 is 0 Å². The molecule has 0 aliphatic rings. The van der Waals surface area contributed by atoms with Gasteiger partial charge in [0.2, 0.25) is 6.29 Å². The van der Waals surface area contributed by atoms with Crippen LogP contribution in [0.3, 0.4) is 0 Å². The van der Waals surface area contributed by atoms with Crippen LogP contribution in [0.4, 0.5) is 11.4 Å². The van der Waals surface area contributed by atoms with Gasteiger partial charge in [-0.2, -0.15) is 4.89 Å². The van der Waals surface area contributed by atoms with E-state index < -0.39 is 68.7 Å². The van der Waals surface area contributed by atoms with Crippen LogP contribution < -0.4 is 0 Å². The standard InChI is InChI=1S/C19H16N2O12/c1-2-14(32-19(26)11-6-4-8-13(21(29)30)16(11)18(24)25)33-31-9-10-5-3-7-12(20(27)28)15(10)17(22)23/h3-8,14H,2,9H2,1H3,(H,22,23)(H,24,25). The lowest BCUT2D eigenvalue weighted by Gasteiger charge is -2.16. The highest BCUT2D eigenvalue weighted by Crippen LogP contribution is 2.25. The smallest absolute Gasteiger partial charge is 0.343 e. The maximum Gasteiger partial charge on any atom is 0.343 e. The minimum absolute atomic E-state index is 0.0101. The zero-order valence-corrected chi connectivity index (χ0v) is 16.8. The molecule has 0 bridgehead atoms. The van der Waals surface area contributed by atoms with Gasteiger partial charge in [-0.25, -0.2) is 19.3 Å². The van der Waals surface area contributed by atoms with Crippen LogP contribution in [0.1, 0.15) is 50.0 Å². The molecule has 174 valence electrons. The molecule has 0 amide bonds. The molecule has 2 aromatic carbocycles. The normalized spacial score (nSPS) is 11.4. The van der Waals surface area contributed by atoms with Crippen LogP contribution in [0.15, 0.2) is 36.4 Å². The van der Waals surface area contributed by atoms with E-state index in [0.29, 0.717) is 0 Å². The summed E-state index contributed by atoms with van der Waals surface area (Å²) in [4.78, 5) is 65.3. The molecule has 0 saturated carbocycles. The number of nitro benzene ring substituents is 2. The van der Waals surface area contributed by atoms with Gasteiger partial charge in [-0.05, 0) is 6.07 Å². The van der Waals surface area contributed by atoms with Crippen molar-refractivity contribution in [2.75, 3.05) is 0 Å². The van der Waals surface area contributed by atoms with Crippen molar-refractivity contribution in [1.29, 1.82) is 0 Å². The Balaban J connectivity index is 2.15. The largest absolute Gasteiger partial charge is 0.477 e. The second-order valence-electron chi connectivity index (χ2n) is 6.24. The molecule has 14 heteroatoms. The summed E-state index contributed by atoms with van der Waals surface area (Å²) in [6, 6.07) is 6.55. The number of carbonyl (C=O) groups is 3. The van der Waals surface area contributed by atoms with Crippen LogP contribution in [0.5, 0.6) is 0 Å². The minimum Gasteiger partial charge on any atom is -0.477 e. The average molecular weight is 464 g/mol. The number of carboxylic acids is 2. The first-order valence-corrected chi connectivity index (χ1v) is 9.07. The van der Waals surface area contributed by atoms with E-state index in [2.05, 4.69) is 0 Å². The number of carboxylic acid groups (broad SMARTS) is 2. The van der Waals surface area contributed by atoms with Crippen molar-refractivity contribution in [1.82, 2.24) is 0 Å². The molecule has 0 radical (unpaired) electrons. The zero-order chi connectivity index (χ0) is 24.7. The van der Waals surface area contributed by atoms with E-state index in [-0.39, 0.29) is 12.0 Å². The van der Waals surface area contributed by atoms with Gasteiger partial charge in [0.25, 0.3) is 11.4 Å². The number of hydrogen-bond donors (Lipinski definition) is 2. The van der Waals surface area contributed by atoms with E-state index in [9.17, 15) is 44.8 Å². The van der Waals surface area contributed by atoms with Crippen LogP contribution in [0.25, 0.3) is 0 Å². The molecule has 0 fully saturated rings. The van der Waals surface area contributed by atoms with Crippen molar-refractivity contribution in [3.63, 3.8) is 0 Å². The maximum absolute atomic E-state index is 12.4. The number of nitro groups is 2. The highest BCUT2D eigenvalue weighted by Gasteiger charge is 2.29. The van der Waals surface area contributed by atoms with E-state index in [0.717, 1.165) is 24.3 Å². The summed E-state index contributed by atoms with van der Waals surface area (Å²) < 4.78 is 4.99. The van der Waals surface area contributed by atoms with Crippen LogP contribution in [0.2, 0.25) is 0 Å². The number of benzene rings is 2. The molecule has 2 aromatic rings. The minimum atomic E-state index is -1.72. The first kappa shape index (κ1) is 24.8. The Morgan fingerprint density at radius 2 is 1.48 bits per heavy atom. The molecule has 0 aromatic heterocycles. The average Bonchev–Trinajstić information content (AvgIpc) is 2.77. The van der Waals surface area contributed by atoms with Gasteiger partial charge in [-0.1, -0.05) is 25.1 Å². The second kappa shape index (κ2) is 10.7. The Morgan fingerprint density at radius 3 is 2.00 bits per heavy atom. The fourth-order valence-corrected chi connectivity index (χ4v) is 2.72. The van der Waals surface area contributed by atoms with Gasteiger partial charge in [0.05, 0.1) is 15.4 Å². The van der Waals surface area contributed by atoms with Crippen molar-refractivity contribution in [3.8, 4) is 0 Å². The summed E-state index contributed by atoms with van der Waals surface area (Å²) in [5.74, 6) is -4.52. The summed E-state index contributed by atoms with van der Waals surface area (Å²) in [7, 11) is 0. The molecule has 2 rings (SSSR count). The van der Waals surface area contributed by atoms with E-state index >= 15 is 0 Å². The van der Waals surface area contributed by atoms with Crippen LogP contribution in [-0.4, -0.2) is 44.3 Å². The SMILES string of the molecule is CCC(OOCc1cccc([N+](=O)[O-])c1C(=O)O)OC(=O)c1cccc([N+](=O)[O-])c1C(=O)O. The highest BCUT2D eigenvalue weighted by molar-refractivity contribution is 6.05. The molecule has 0 saturated heterocycles. The summed E-state index contributed by atoms with van der Waals surface area (Å²) >= 11 is 0. The highest BCUT2D eigenvalue weighted by atomic mass is 17.2. The summed E-state index contributed by atoms with van der Waals surface area (Å²) in [6.07, 6.45) is -1.42. The summed E-state index contributed by atoms with van der Waals surface area (Å²) in [5.41, 5.74) is -3.64. The van der Waals surface area contributed by atoms with Gasteiger partial charge in [-0.15, -0.1) is 0 Å². The zero-order valence-electron chi connectivity index (χ0n) is 16.8. The van der Waals surface area contributed by atoms with Crippen molar-refractivity contribution in [2.45, 2.75) is 26.2 Å². The third-order valence-electron chi connectivity index (χ3n) is 4.17. The number of hydrogen-bond acceptors (Lipinski definition) is 10. The van der Waals surface area contributed by atoms with E-state index in [4.69, 9.17) is 14.5 Å². The number of rotatable bonds is 11. The van der Waals surface area contributed by atoms with Gasteiger partial charge in [0, 0.05) is 24.1 Å². The molecular formula is C19H16N2O12. The third-order valence-corrected chi connectivity index (χ3v) is 4.17. The molecule has 1 atom stereocenters. The first-order valence-electron chi connectivity index (χ1n) is 9.07. The molecule has 2 N–H and O–H groups in total. The van der Waals surface area contributed by atoms with Gasteiger partial charge >= 0.3 is 17.9 Å². The van der Waals surface area contributed by atoms with Crippen molar-refractivity contribution in [2.24, 2.45) is 0 Å². The number of aromatic carboxylic acids is 2. The number of carbonyl (C=O) groups excluding carboxylic acids is 1. The molecule has 0 spiro atoms. The lowest BCUT2D eigenvalue weighted by atomic mass is 10.1. The topological polar surface area (TPSA) is 206 Å². The third kappa shape index (κ3) is 5.84. The predicted molar refractivity (Wildman–Crippen MR) is 105 cm³/mol. The molecule has 0 aliphatic heterocycles. The summed E-state index contributed by atoms with van der Waals surface area (Å²) in [6.45, 7) is 0.942. The monoisotopic (exact) mass is 464 g/mol. The van der Waals surface area contributed by atoms with Crippen molar-refractivity contribution < 1.29 is 49.0 Å². The fraction of sp³-hybridized carbons (Fsp3) is 0.211. The van der Waals surface area contributed by atoms with Crippen LogP contribution in [0, 0.1) is 20.2 Å². The van der Waals surface area contributed by atoms with Gasteiger partial charge in [0.15, 0.2) is 5.56 Å². The lowest BCUT2D eigenvalue weighted by molar-refractivity contribution is -0.386. The molecule has 1 unspecified atom stereocenters.